The second-order valence-corrected chi connectivity index (χ2v) is 4.88. The van der Waals surface area contributed by atoms with Gasteiger partial charge in [0.05, 0.1) is 6.04 Å². The first kappa shape index (κ1) is 11.7. The predicted molar refractivity (Wildman–Crippen MR) is 65.3 cm³/mol. The molecule has 2 N–H and O–H groups in total. The van der Waals surface area contributed by atoms with E-state index in [2.05, 4.69) is 37.9 Å². The Labute approximate surface area is 97.6 Å². The fourth-order valence-electron chi connectivity index (χ4n) is 2.20. The Hall–Kier alpha value is -0.800. The van der Waals surface area contributed by atoms with Gasteiger partial charge in [0, 0.05) is 12.5 Å². The van der Waals surface area contributed by atoms with E-state index in [-0.39, 0.29) is 6.04 Å². The maximum Gasteiger partial charge on any atom is 0.122 e. The minimum atomic E-state index is 0.216. The summed E-state index contributed by atoms with van der Waals surface area (Å²) in [6.07, 6.45) is 1.27. The Morgan fingerprint density at radius 2 is 2.25 bits per heavy atom. The zero-order valence-corrected chi connectivity index (χ0v) is 10.4. The lowest BCUT2D eigenvalue weighted by atomic mass is 10.2. The van der Waals surface area contributed by atoms with E-state index >= 15 is 0 Å². The molecule has 0 aromatic carbocycles. The minimum Gasteiger partial charge on any atom is -0.464 e. The van der Waals surface area contributed by atoms with Crippen molar-refractivity contribution in [3.05, 3.63) is 23.7 Å². The number of nitrogens with two attached hydrogens (primary N) is 1. The Balaban J connectivity index is 2.10. The van der Waals surface area contributed by atoms with Crippen molar-refractivity contribution in [2.45, 2.75) is 32.2 Å². The van der Waals surface area contributed by atoms with Gasteiger partial charge >= 0.3 is 0 Å². The first-order chi connectivity index (χ1) is 7.67. The number of hydrogen-bond donors (Lipinski definition) is 1. The van der Waals surface area contributed by atoms with Crippen molar-refractivity contribution in [3.63, 3.8) is 0 Å². The number of nitrogens with zero attached hydrogens (tertiary/aromatic N) is 1. The summed E-state index contributed by atoms with van der Waals surface area (Å²) in [6.45, 7) is 6.00. The fourth-order valence-corrected chi connectivity index (χ4v) is 2.20. The van der Waals surface area contributed by atoms with E-state index < -0.39 is 0 Å². The molecular weight excluding hydrogens is 200 g/mol. The van der Waals surface area contributed by atoms with Crippen LogP contribution >= 0.6 is 0 Å². The molecule has 0 bridgehead atoms. The third kappa shape index (κ3) is 2.15. The highest BCUT2D eigenvalue weighted by Crippen LogP contribution is 2.47. The number of rotatable bonds is 5. The monoisotopic (exact) mass is 222 g/mol. The molecule has 0 radical (unpaired) electrons. The van der Waals surface area contributed by atoms with Crippen molar-refractivity contribution < 1.29 is 4.42 Å². The maximum atomic E-state index is 5.93. The van der Waals surface area contributed by atoms with Crippen molar-refractivity contribution in [2.75, 3.05) is 20.1 Å². The van der Waals surface area contributed by atoms with Crippen LogP contribution in [0.5, 0.6) is 0 Å². The van der Waals surface area contributed by atoms with Crippen LogP contribution in [0.1, 0.15) is 43.7 Å². The van der Waals surface area contributed by atoms with Gasteiger partial charge in [0.25, 0.3) is 0 Å². The minimum absolute atomic E-state index is 0.216. The number of furan rings is 1. The first-order valence-corrected chi connectivity index (χ1v) is 6.17. The van der Waals surface area contributed by atoms with Gasteiger partial charge in [-0.05, 0) is 38.1 Å². The predicted octanol–water partition coefficient (Wildman–Crippen LogP) is 2.35. The lowest BCUT2D eigenvalue weighted by molar-refractivity contribution is 0.227. The summed E-state index contributed by atoms with van der Waals surface area (Å²) in [5.41, 5.74) is 5.81. The van der Waals surface area contributed by atoms with Crippen LogP contribution in [0.2, 0.25) is 0 Å². The van der Waals surface area contributed by atoms with E-state index in [0.717, 1.165) is 24.0 Å². The summed E-state index contributed by atoms with van der Waals surface area (Å²) in [4.78, 5) is 2.22. The lowest BCUT2D eigenvalue weighted by Gasteiger charge is -2.23. The van der Waals surface area contributed by atoms with Crippen LogP contribution in [0, 0.1) is 5.92 Å². The number of hydrogen-bond acceptors (Lipinski definition) is 3. The molecule has 3 atom stereocenters. The van der Waals surface area contributed by atoms with Crippen LogP contribution in [-0.4, -0.2) is 25.0 Å². The Morgan fingerprint density at radius 3 is 2.75 bits per heavy atom. The largest absolute Gasteiger partial charge is 0.464 e. The second-order valence-electron chi connectivity index (χ2n) is 4.88. The van der Waals surface area contributed by atoms with Crippen molar-refractivity contribution in [2.24, 2.45) is 11.7 Å². The summed E-state index contributed by atoms with van der Waals surface area (Å²) < 4.78 is 5.93. The highest BCUT2D eigenvalue weighted by Gasteiger charge is 2.37. The van der Waals surface area contributed by atoms with E-state index in [1.54, 1.807) is 0 Å². The molecule has 16 heavy (non-hydrogen) atoms. The van der Waals surface area contributed by atoms with Gasteiger partial charge in [0.15, 0.2) is 0 Å². The van der Waals surface area contributed by atoms with Crippen LogP contribution in [0.15, 0.2) is 16.5 Å². The molecule has 90 valence electrons. The van der Waals surface area contributed by atoms with Crippen LogP contribution in [0.4, 0.5) is 0 Å². The molecule has 0 saturated heterocycles. The van der Waals surface area contributed by atoms with Gasteiger partial charge in [0.1, 0.15) is 11.5 Å². The van der Waals surface area contributed by atoms with Crippen LogP contribution in [0.3, 0.4) is 0 Å². The SMILES string of the molecule is CCN(C)C(CN)c1ccc(C2CC2C)o1. The summed E-state index contributed by atoms with van der Waals surface area (Å²) in [7, 11) is 2.08. The van der Waals surface area contributed by atoms with E-state index in [9.17, 15) is 0 Å². The lowest BCUT2D eigenvalue weighted by Crippen LogP contribution is -2.29. The molecule has 0 spiro atoms. The summed E-state index contributed by atoms with van der Waals surface area (Å²) in [6, 6.07) is 4.42. The standard InChI is InChI=1S/C13H22N2O/c1-4-15(3)11(8-14)13-6-5-12(16-13)10-7-9(10)2/h5-6,9-11H,4,7-8,14H2,1-3H3. The fraction of sp³-hybridized carbons (Fsp3) is 0.692. The topological polar surface area (TPSA) is 42.4 Å². The molecule has 1 saturated carbocycles. The Bertz CT molecular complexity index is 347. The molecule has 1 aromatic rings. The molecule has 2 rings (SSSR count). The zero-order valence-electron chi connectivity index (χ0n) is 10.4. The van der Waals surface area contributed by atoms with Gasteiger partial charge in [0.2, 0.25) is 0 Å². The highest BCUT2D eigenvalue weighted by molar-refractivity contribution is 5.19. The third-order valence-corrected chi connectivity index (χ3v) is 3.71. The molecule has 3 unspecified atom stereocenters. The zero-order chi connectivity index (χ0) is 11.7. The quantitative estimate of drug-likeness (QED) is 0.831. The summed E-state index contributed by atoms with van der Waals surface area (Å²) in [5, 5.41) is 0. The van der Waals surface area contributed by atoms with Gasteiger partial charge in [-0.2, -0.15) is 0 Å². The molecule has 1 aromatic heterocycles. The molecule has 1 aliphatic rings. The van der Waals surface area contributed by atoms with Crippen molar-refractivity contribution in [3.8, 4) is 0 Å². The van der Waals surface area contributed by atoms with Gasteiger partial charge < -0.3 is 10.2 Å². The van der Waals surface area contributed by atoms with E-state index in [1.165, 1.54) is 6.42 Å². The van der Waals surface area contributed by atoms with Gasteiger partial charge in [-0.25, -0.2) is 0 Å². The summed E-state index contributed by atoms with van der Waals surface area (Å²) in [5.74, 6) is 3.60. The van der Waals surface area contributed by atoms with Crippen LogP contribution < -0.4 is 5.73 Å². The third-order valence-electron chi connectivity index (χ3n) is 3.71. The van der Waals surface area contributed by atoms with Crippen molar-refractivity contribution >= 4 is 0 Å². The van der Waals surface area contributed by atoms with Gasteiger partial charge in [-0.15, -0.1) is 0 Å². The molecule has 0 aliphatic heterocycles. The van der Waals surface area contributed by atoms with E-state index in [4.69, 9.17) is 10.2 Å². The molecule has 1 aliphatic carbocycles. The van der Waals surface area contributed by atoms with Crippen molar-refractivity contribution in [1.29, 1.82) is 0 Å². The first-order valence-electron chi connectivity index (χ1n) is 6.17. The van der Waals surface area contributed by atoms with Gasteiger partial charge in [-0.1, -0.05) is 13.8 Å². The van der Waals surface area contributed by atoms with E-state index in [0.29, 0.717) is 12.5 Å². The Morgan fingerprint density at radius 1 is 1.56 bits per heavy atom. The van der Waals surface area contributed by atoms with Crippen molar-refractivity contribution in [1.82, 2.24) is 4.90 Å². The average molecular weight is 222 g/mol. The van der Waals surface area contributed by atoms with Crippen LogP contribution in [0.25, 0.3) is 0 Å². The molecule has 1 heterocycles. The number of likely N-dealkylation sites (N-methyl/N-ethyl adjacent to an activating group) is 1. The van der Waals surface area contributed by atoms with Crippen LogP contribution in [-0.2, 0) is 0 Å². The molecule has 3 nitrogen and oxygen atoms in total. The maximum absolute atomic E-state index is 5.93. The van der Waals surface area contributed by atoms with Gasteiger partial charge in [-0.3, -0.25) is 4.90 Å². The summed E-state index contributed by atoms with van der Waals surface area (Å²) >= 11 is 0. The normalized spacial score (nSPS) is 26.1. The second kappa shape index (κ2) is 4.60. The Kier molecular flexibility index (Phi) is 3.36. The molecule has 3 heteroatoms. The highest BCUT2D eigenvalue weighted by atomic mass is 16.3. The van der Waals surface area contributed by atoms with E-state index in [1.807, 2.05) is 0 Å². The molecular formula is C13H22N2O. The average Bonchev–Trinajstić information content (AvgIpc) is 2.82. The smallest absolute Gasteiger partial charge is 0.122 e. The molecule has 0 amide bonds. The molecule has 1 fully saturated rings.